The van der Waals surface area contributed by atoms with Crippen molar-refractivity contribution in [2.45, 2.75) is 45.4 Å². The molecular weight excluding hydrogens is 132 g/mol. The summed E-state index contributed by atoms with van der Waals surface area (Å²) in [4.78, 5) is 0. The monoisotopic (exact) mass is 150 g/mol. The molecule has 1 fully saturated rings. The standard InChI is InChI=1S/C11H18/c1-10-5-4-8-11(9-10)6-2-3-7-11/h2-3,10H,4-9H2,1H3/t10-/m1/s1. The van der Waals surface area contributed by atoms with Gasteiger partial charge >= 0.3 is 0 Å². The van der Waals surface area contributed by atoms with Gasteiger partial charge in [-0.2, -0.15) is 0 Å². The number of rotatable bonds is 0. The van der Waals surface area contributed by atoms with Crippen molar-refractivity contribution >= 4 is 0 Å². The average Bonchev–Trinajstić information content (AvgIpc) is 2.37. The molecular formula is C11H18. The zero-order valence-electron chi connectivity index (χ0n) is 7.47. The van der Waals surface area contributed by atoms with Gasteiger partial charge in [-0.3, -0.25) is 0 Å². The summed E-state index contributed by atoms with van der Waals surface area (Å²) in [5.74, 6) is 0.989. The van der Waals surface area contributed by atoms with Gasteiger partial charge in [0.25, 0.3) is 0 Å². The molecule has 0 heteroatoms. The quantitative estimate of drug-likeness (QED) is 0.463. The minimum atomic E-state index is 0.734. The van der Waals surface area contributed by atoms with Crippen LogP contribution in [0.3, 0.4) is 0 Å². The molecule has 0 aliphatic heterocycles. The summed E-state index contributed by atoms with van der Waals surface area (Å²) in [7, 11) is 0. The first-order valence-corrected chi connectivity index (χ1v) is 4.96. The minimum Gasteiger partial charge on any atom is -0.0880 e. The molecule has 0 bridgehead atoms. The van der Waals surface area contributed by atoms with Crippen LogP contribution in [0, 0.1) is 11.3 Å². The Balaban J connectivity index is 2.02. The lowest BCUT2D eigenvalue weighted by Gasteiger charge is -2.36. The molecule has 0 amide bonds. The van der Waals surface area contributed by atoms with Crippen molar-refractivity contribution in [2.75, 3.05) is 0 Å². The lowest BCUT2D eigenvalue weighted by atomic mass is 9.69. The predicted molar refractivity (Wildman–Crippen MR) is 48.4 cm³/mol. The van der Waals surface area contributed by atoms with E-state index in [4.69, 9.17) is 0 Å². The first-order valence-electron chi connectivity index (χ1n) is 4.96. The fraction of sp³-hybridized carbons (Fsp3) is 0.818. The summed E-state index contributed by atoms with van der Waals surface area (Å²) in [5.41, 5.74) is 0.734. The summed E-state index contributed by atoms with van der Waals surface area (Å²) in [6, 6.07) is 0. The van der Waals surface area contributed by atoms with Crippen LogP contribution in [-0.4, -0.2) is 0 Å². The lowest BCUT2D eigenvalue weighted by molar-refractivity contribution is 0.160. The normalized spacial score (nSPS) is 34.8. The third-order valence-electron chi connectivity index (χ3n) is 3.45. The highest BCUT2D eigenvalue weighted by Crippen LogP contribution is 2.47. The SMILES string of the molecule is C[C@@H]1CCCC2(CC=CC2)C1. The van der Waals surface area contributed by atoms with E-state index >= 15 is 0 Å². The van der Waals surface area contributed by atoms with Gasteiger partial charge in [0.15, 0.2) is 0 Å². The molecule has 0 unspecified atom stereocenters. The molecule has 0 heterocycles. The Morgan fingerprint density at radius 3 is 2.64 bits per heavy atom. The summed E-state index contributed by atoms with van der Waals surface area (Å²) in [6.07, 6.45) is 13.4. The highest BCUT2D eigenvalue weighted by atomic mass is 14.4. The Bertz CT molecular complexity index is 159. The van der Waals surface area contributed by atoms with Crippen molar-refractivity contribution in [1.29, 1.82) is 0 Å². The molecule has 1 atom stereocenters. The van der Waals surface area contributed by atoms with E-state index in [2.05, 4.69) is 19.1 Å². The molecule has 62 valence electrons. The minimum absolute atomic E-state index is 0.734. The number of allylic oxidation sites excluding steroid dienone is 2. The molecule has 0 N–H and O–H groups in total. The van der Waals surface area contributed by atoms with E-state index in [0.29, 0.717) is 0 Å². The fourth-order valence-corrected chi connectivity index (χ4v) is 2.89. The Labute approximate surface area is 69.7 Å². The van der Waals surface area contributed by atoms with E-state index in [0.717, 1.165) is 11.3 Å². The summed E-state index contributed by atoms with van der Waals surface area (Å²) < 4.78 is 0. The van der Waals surface area contributed by atoms with Crippen LogP contribution in [0.15, 0.2) is 12.2 Å². The van der Waals surface area contributed by atoms with E-state index in [9.17, 15) is 0 Å². The van der Waals surface area contributed by atoms with E-state index in [1.54, 1.807) is 0 Å². The number of hydrogen-bond donors (Lipinski definition) is 0. The molecule has 2 aliphatic rings. The van der Waals surface area contributed by atoms with E-state index in [1.165, 1.54) is 38.5 Å². The zero-order valence-corrected chi connectivity index (χ0v) is 7.47. The number of hydrogen-bond acceptors (Lipinski definition) is 0. The van der Waals surface area contributed by atoms with E-state index in [1.807, 2.05) is 0 Å². The molecule has 1 saturated carbocycles. The maximum absolute atomic E-state index is 2.42. The molecule has 2 rings (SSSR count). The summed E-state index contributed by atoms with van der Waals surface area (Å²) >= 11 is 0. The molecule has 0 nitrogen and oxygen atoms in total. The molecule has 0 aromatic carbocycles. The van der Waals surface area contributed by atoms with Gasteiger partial charge in [-0.1, -0.05) is 31.9 Å². The van der Waals surface area contributed by atoms with Gasteiger partial charge in [0.05, 0.1) is 0 Å². The molecule has 2 aliphatic carbocycles. The van der Waals surface area contributed by atoms with Crippen LogP contribution < -0.4 is 0 Å². The zero-order chi connectivity index (χ0) is 7.73. The molecule has 11 heavy (non-hydrogen) atoms. The third-order valence-corrected chi connectivity index (χ3v) is 3.45. The molecule has 1 spiro atoms. The predicted octanol–water partition coefficient (Wildman–Crippen LogP) is 3.53. The van der Waals surface area contributed by atoms with Gasteiger partial charge in [-0.15, -0.1) is 0 Å². The first kappa shape index (κ1) is 7.39. The van der Waals surface area contributed by atoms with Crippen molar-refractivity contribution in [3.8, 4) is 0 Å². The Morgan fingerprint density at radius 2 is 2.00 bits per heavy atom. The molecule has 0 aromatic heterocycles. The van der Waals surface area contributed by atoms with E-state index < -0.39 is 0 Å². The topological polar surface area (TPSA) is 0 Å². The van der Waals surface area contributed by atoms with Crippen LogP contribution in [-0.2, 0) is 0 Å². The highest BCUT2D eigenvalue weighted by Gasteiger charge is 2.34. The smallest absolute Gasteiger partial charge is 0.0226 e. The molecule has 0 aromatic rings. The van der Waals surface area contributed by atoms with Crippen molar-refractivity contribution in [3.05, 3.63) is 12.2 Å². The lowest BCUT2D eigenvalue weighted by Crippen LogP contribution is -2.24. The van der Waals surface area contributed by atoms with Gasteiger partial charge in [0, 0.05) is 0 Å². The second-order valence-electron chi connectivity index (χ2n) is 4.58. The van der Waals surface area contributed by atoms with Gasteiger partial charge in [-0.25, -0.2) is 0 Å². The largest absolute Gasteiger partial charge is 0.0880 e. The third kappa shape index (κ3) is 1.36. The van der Waals surface area contributed by atoms with Crippen molar-refractivity contribution in [3.63, 3.8) is 0 Å². The van der Waals surface area contributed by atoms with Crippen molar-refractivity contribution < 1.29 is 0 Å². The Kier molecular flexibility index (Phi) is 1.78. The van der Waals surface area contributed by atoms with Crippen LogP contribution >= 0.6 is 0 Å². The van der Waals surface area contributed by atoms with Gasteiger partial charge in [0.2, 0.25) is 0 Å². The van der Waals surface area contributed by atoms with Gasteiger partial charge < -0.3 is 0 Å². The van der Waals surface area contributed by atoms with Crippen LogP contribution in [0.2, 0.25) is 0 Å². The molecule has 0 saturated heterocycles. The summed E-state index contributed by atoms with van der Waals surface area (Å²) in [6.45, 7) is 2.42. The Hall–Kier alpha value is -0.260. The van der Waals surface area contributed by atoms with Crippen molar-refractivity contribution in [2.24, 2.45) is 11.3 Å². The van der Waals surface area contributed by atoms with E-state index in [-0.39, 0.29) is 0 Å². The average molecular weight is 150 g/mol. The summed E-state index contributed by atoms with van der Waals surface area (Å²) in [5, 5.41) is 0. The second kappa shape index (κ2) is 2.66. The maximum Gasteiger partial charge on any atom is -0.0226 e. The van der Waals surface area contributed by atoms with Crippen LogP contribution in [0.1, 0.15) is 45.4 Å². The first-order chi connectivity index (χ1) is 5.31. The van der Waals surface area contributed by atoms with Crippen LogP contribution in [0.5, 0.6) is 0 Å². The van der Waals surface area contributed by atoms with Gasteiger partial charge in [0.1, 0.15) is 0 Å². The van der Waals surface area contributed by atoms with Crippen LogP contribution in [0.4, 0.5) is 0 Å². The maximum atomic E-state index is 2.42. The van der Waals surface area contributed by atoms with Gasteiger partial charge in [-0.05, 0) is 37.0 Å². The fourth-order valence-electron chi connectivity index (χ4n) is 2.89. The second-order valence-corrected chi connectivity index (χ2v) is 4.58. The van der Waals surface area contributed by atoms with Crippen LogP contribution in [0.25, 0.3) is 0 Å². The Morgan fingerprint density at radius 1 is 1.27 bits per heavy atom. The van der Waals surface area contributed by atoms with Crippen molar-refractivity contribution in [1.82, 2.24) is 0 Å². The molecule has 0 radical (unpaired) electrons. The highest BCUT2D eigenvalue weighted by molar-refractivity contribution is 5.04.